The molecule has 390 valence electrons. The van der Waals surface area contributed by atoms with Crippen molar-refractivity contribution in [3.05, 3.63) is 85.1 Å². The molecule has 0 aliphatic carbocycles. The maximum absolute atomic E-state index is 12.8. The zero-order valence-electron chi connectivity index (χ0n) is 44.6. The minimum Gasteiger partial charge on any atom is -0.462 e. The highest BCUT2D eigenvalue weighted by Crippen LogP contribution is 2.15. The molecule has 0 aromatic carbocycles. The van der Waals surface area contributed by atoms with E-state index in [1.165, 1.54) is 109 Å². The number of ether oxygens (including phenoxy) is 3. The van der Waals surface area contributed by atoms with Crippen molar-refractivity contribution in [2.45, 2.75) is 277 Å². The Labute approximate surface area is 420 Å². The molecule has 0 bridgehead atoms. The van der Waals surface area contributed by atoms with Crippen LogP contribution in [0.4, 0.5) is 0 Å². The Balaban J connectivity index is 4.26. The highest BCUT2D eigenvalue weighted by atomic mass is 16.6. The van der Waals surface area contributed by atoms with Gasteiger partial charge < -0.3 is 14.2 Å². The second-order valence-corrected chi connectivity index (χ2v) is 18.8. The van der Waals surface area contributed by atoms with Crippen molar-refractivity contribution >= 4 is 17.9 Å². The second-order valence-electron chi connectivity index (χ2n) is 18.8. The molecule has 68 heavy (non-hydrogen) atoms. The van der Waals surface area contributed by atoms with Gasteiger partial charge in [-0.25, -0.2) is 0 Å². The Morgan fingerprint density at radius 3 is 0.971 bits per heavy atom. The molecule has 0 fully saturated rings. The lowest BCUT2D eigenvalue weighted by molar-refractivity contribution is -0.167. The van der Waals surface area contributed by atoms with Crippen LogP contribution in [0.1, 0.15) is 271 Å². The molecule has 0 radical (unpaired) electrons. The minimum atomic E-state index is -0.787. The average molecular weight is 948 g/mol. The fourth-order valence-corrected chi connectivity index (χ4v) is 7.82. The van der Waals surface area contributed by atoms with Crippen molar-refractivity contribution in [2.24, 2.45) is 0 Å². The zero-order valence-corrected chi connectivity index (χ0v) is 44.6. The van der Waals surface area contributed by atoms with Crippen LogP contribution in [-0.4, -0.2) is 37.2 Å². The monoisotopic (exact) mass is 947 g/mol. The Hall–Kier alpha value is -3.41. The van der Waals surface area contributed by atoms with E-state index in [9.17, 15) is 14.4 Å². The molecule has 0 aliphatic heterocycles. The summed E-state index contributed by atoms with van der Waals surface area (Å²) in [6.45, 7) is 6.43. The SMILES string of the molecule is CC/C=C\C/C=C\C/C=C\C/C=C\CCCCCCCCCCCCCCC(=O)OCC(COC(=O)CCCCCCC/C=C\CCC)OC(=O)CCCCCCC/C=C\C/C=C\CCCCC. The molecule has 0 aromatic rings. The van der Waals surface area contributed by atoms with Gasteiger partial charge in [-0.05, 0) is 109 Å². The normalized spacial score (nSPS) is 12.7. The first-order valence-electron chi connectivity index (χ1n) is 28.6. The molecular weight excluding hydrogens is 841 g/mol. The molecule has 6 heteroatoms. The van der Waals surface area contributed by atoms with Gasteiger partial charge in [0.05, 0.1) is 0 Å². The van der Waals surface area contributed by atoms with Gasteiger partial charge in [-0.1, -0.05) is 228 Å². The summed E-state index contributed by atoms with van der Waals surface area (Å²) in [7, 11) is 0. The van der Waals surface area contributed by atoms with Gasteiger partial charge in [-0.15, -0.1) is 0 Å². The number of allylic oxidation sites excluding steroid dienone is 14. The number of carbonyl (C=O) groups is 3. The molecule has 0 saturated carbocycles. The van der Waals surface area contributed by atoms with E-state index in [2.05, 4.69) is 106 Å². The largest absolute Gasteiger partial charge is 0.462 e. The van der Waals surface area contributed by atoms with Crippen LogP contribution in [0, 0.1) is 0 Å². The first-order valence-corrected chi connectivity index (χ1v) is 28.6. The molecule has 0 aliphatic rings. The van der Waals surface area contributed by atoms with Gasteiger partial charge >= 0.3 is 17.9 Å². The first kappa shape index (κ1) is 64.6. The number of rotatable bonds is 51. The summed E-state index contributed by atoms with van der Waals surface area (Å²) >= 11 is 0. The summed E-state index contributed by atoms with van der Waals surface area (Å²) in [6, 6.07) is 0. The van der Waals surface area contributed by atoms with Gasteiger partial charge in [0.2, 0.25) is 0 Å². The van der Waals surface area contributed by atoms with Gasteiger partial charge in [0.1, 0.15) is 13.2 Å². The third kappa shape index (κ3) is 53.5. The number of hydrogen-bond acceptors (Lipinski definition) is 6. The van der Waals surface area contributed by atoms with Crippen LogP contribution in [0.25, 0.3) is 0 Å². The van der Waals surface area contributed by atoms with Gasteiger partial charge in [-0.2, -0.15) is 0 Å². The lowest BCUT2D eigenvalue weighted by Gasteiger charge is -2.18. The van der Waals surface area contributed by atoms with E-state index in [4.69, 9.17) is 14.2 Å². The molecule has 0 rings (SSSR count). The fourth-order valence-electron chi connectivity index (χ4n) is 7.82. The maximum atomic E-state index is 12.8. The standard InChI is InChI=1S/C62H106O6/c1-4-7-10-13-16-19-22-24-26-27-28-29-30-31-32-33-34-35-37-38-40-43-46-49-52-55-61(64)67-58-59(57-66-60(63)54-51-48-45-42-21-18-15-12-9-6-3)68-62(65)56-53-50-47-44-41-39-36-25-23-20-17-14-11-8-5-2/h7,10,12,15-17,19-20,24-26,28-29,36,59H,4-6,8-9,11,13-14,18,21-23,27,30-35,37-58H2,1-3H3/b10-7-,15-12-,19-16-,20-17-,26-24-,29-28-,36-25-. The van der Waals surface area contributed by atoms with E-state index in [-0.39, 0.29) is 31.1 Å². The number of unbranched alkanes of at least 4 members (excludes halogenated alkanes) is 26. The number of carbonyl (C=O) groups excluding carboxylic acids is 3. The average Bonchev–Trinajstić information content (AvgIpc) is 3.34. The Bertz CT molecular complexity index is 1320. The van der Waals surface area contributed by atoms with Gasteiger partial charge in [0.25, 0.3) is 0 Å². The summed E-state index contributed by atoms with van der Waals surface area (Å²) in [5.74, 6) is -0.908. The summed E-state index contributed by atoms with van der Waals surface area (Å²) in [4.78, 5) is 38.0. The molecule has 1 unspecified atom stereocenters. The number of hydrogen-bond donors (Lipinski definition) is 0. The van der Waals surface area contributed by atoms with Crippen molar-refractivity contribution < 1.29 is 28.6 Å². The second kappa shape index (κ2) is 56.2. The fraction of sp³-hybridized carbons (Fsp3) is 0.726. The van der Waals surface area contributed by atoms with Crippen LogP contribution in [0.15, 0.2) is 85.1 Å². The van der Waals surface area contributed by atoms with Gasteiger partial charge in [0.15, 0.2) is 6.10 Å². The lowest BCUT2D eigenvalue weighted by atomic mass is 10.0. The van der Waals surface area contributed by atoms with Gasteiger partial charge in [0, 0.05) is 19.3 Å². The van der Waals surface area contributed by atoms with Crippen LogP contribution < -0.4 is 0 Å². The Kier molecular flexibility index (Phi) is 53.4. The first-order chi connectivity index (χ1) is 33.5. The van der Waals surface area contributed by atoms with E-state index in [1.807, 2.05) is 0 Å². The predicted octanol–water partition coefficient (Wildman–Crippen LogP) is 19.2. The van der Waals surface area contributed by atoms with E-state index < -0.39 is 6.10 Å². The van der Waals surface area contributed by atoms with Crippen LogP contribution in [-0.2, 0) is 28.6 Å². The Morgan fingerprint density at radius 1 is 0.309 bits per heavy atom. The summed E-state index contributed by atoms with van der Waals surface area (Å²) in [5, 5.41) is 0. The number of esters is 3. The topological polar surface area (TPSA) is 78.9 Å². The van der Waals surface area contributed by atoms with Gasteiger partial charge in [-0.3, -0.25) is 14.4 Å². The molecule has 0 amide bonds. The van der Waals surface area contributed by atoms with Crippen molar-refractivity contribution in [1.82, 2.24) is 0 Å². The van der Waals surface area contributed by atoms with Crippen LogP contribution >= 0.6 is 0 Å². The van der Waals surface area contributed by atoms with Crippen molar-refractivity contribution in [3.8, 4) is 0 Å². The van der Waals surface area contributed by atoms with E-state index in [0.717, 1.165) is 122 Å². The maximum Gasteiger partial charge on any atom is 0.306 e. The lowest BCUT2D eigenvalue weighted by Crippen LogP contribution is -2.30. The van der Waals surface area contributed by atoms with Crippen LogP contribution in [0.2, 0.25) is 0 Å². The molecule has 0 aromatic heterocycles. The van der Waals surface area contributed by atoms with Crippen LogP contribution in [0.3, 0.4) is 0 Å². The quantitative estimate of drug-likeness (QED) is 0.0262. The minimum absolute atomic E-state index is 0.0853. The summed E-state index contributed by atoms with van der Waals surface area (Å²) < 4.78 is 16.8. The summed E-state index contributed by atoms with van der Waals surface area (Å²) in [6.07, 6.45) is 73.0. The smallest absolute Gasteiger partial charge is 0.306 e. The van der Waals surface area contributed by atoms with E-state index >= 15 is 0 Å². The van der Waals surface area contributed by atoms with Crippen molar-refractivity contribution in [3.63, 3.8) is 0 Å². The highest BCUT2D eigenvalue weighted by molar-refractivity contribution is 5.71. The van der Waals surface area contributed by atoms with E-state index in [1.54, 1.807) is 0 Å². The zero-order chi connectivity index (χ0) is 49.3. The third-order valence-corrected chi connectivity index (χ3v) is 12.1. The summed E-state index contributed by atoms with van der Waals surface area (Å²) in [5.41, 5.74) is 0. The third-order valence-electron chi connectivity index (χ3n) is 12.1. The van der Waals surface area contributed by atoms with E-state index in [0.29, 0.717) is 19.3 Å². The molecule has 6 nitrogen and oxygen atoms in total. The van der Waals surface area contributed by atoms with Crippen molar-refractivity contribution in [1.29, 1.82) is 0 Å². The molecule has 0 heterocycles. The van der Waals surface area contributed by atoms with Crippen molar-refractivity contribution in [2.75, 3.05) is 13.2 Å². The highest BCUT2D eigenvalue weighted by Gasteiger charge is 2.19. The predicted molar refractivity (Wildman–Crippen MR) is 293 cm³/mol. The Morgan fingerprint density at radius 2 is 0.603 bits per heavy atom. The molecule has 0 saturated heterocycles. The van der Waals surface area contributed by atoms with Crippen LogP contribution in [0.5, 0.6) is 0 Å². The molecular formula is C62H106O6. The molecule has 1 atom stereocenters. The molecule has 0 N–H and O–H groups in total. The molecule has 0 spiro atoms.